The normalized spacial score (nSPS) is 10.7. The first-order valence-corrected chi connectivity index (χ1v) is 9.01. The van der Waals surface area contributed by atoms with E-state index in [-0.39, 0.29) is 5.91 Å². The van der Waals surface area contributed by atoms with Crippen LogP contribution in [-0.4, -0.2) is 44.4 Å². The second-order valence-electron chi connectivity index (χ2n) is 5.49. The van der Waals surface area contributed by atoms with Gasteiger partial charge in [0.05, 0.1) is 5.75 Å². The first-order valence-electron chi connectivity index (χ1n) is 8.03. The first-order chi connectivity index (χ1) is 11.2. The van der Waals surface area contributed by atoms with Crippen LogP contribution in [0.1, 0.15) is 32.3 Å². The summed E-state index contributed by atoms with van der Waals surface area (Å²) in [4.78, 5) is 14.3. The molecule has 1 amide bonds. The summed E-state index contributed by atoms with van der Waals surface area (Å²) < 4.78 is 1.92. The smallest absolute Gasteiger partial charge is 0.233 e. The van der Waals surface area contributed by atoms with Crippen molar-refractivity contribution in [3.8, 4) is 5.69 Å². The molecule has 1 aromatic heterocycles. The number of nitrogens with zero attached hydrogens (tertiary/aromatic N) is 4. The molecule has 124 valence electrons. The van der Waals surface area contributed by atoms with E-state index in [1.807, 2.05) is 21.6 Å². The lowest BCUT2D eigenvalue weighted by Gasteiger charge is -2.21. The summed E-state index contributed by atoms with van der Waals surface area (Å²) in [6.07, 6.45) is 3.65. The van der Waals surface area contributed by atoms with Crippen LogP contribution in [0, 0.1) is 6.92 Å². The molecule has 0 saturated carbocycles. The highest BCUT2D eigenvalue weighted by Crippen LogP contribution is 2.20. The molecular weight excluding hydrogens is 308 g/mol. The van der Waals surface area contributed by atoms with E-state index in [0.717, 1.165) is 36.8 Å². The molecule has 0 radical (unpaired) electrons. The number of benzene rings is 1. The van der Waals surface area contributed by atoms with Crippen LogP contribution in [0.4, 0.5) is 0 Å². The van der Waals surface area contributed by atoms with E-state index in [1.54, 1.807) is 6.33 Å². The van der Waals surface area contributed by atoms with Crippen LogP contribution < -0.4 is 0 Å². The minimum absolute atomic E-state index is 0.164. The molecule has 0 aliphatic carbocycles. The zero-order chi connectivity index (χ0) is 16.7. The van der Waals surface area contributed by atoms with Gasteiger partial charge in [-0.1, -0.05) is 43.3 Å². The first kappa shape index (κ1) is 17.5. The Morgan fingerprint density at radius 1 is 1.17 bits per heavy atom. The Morgan fingerprint density at radius 3 is 2.43 bits per heavy atom. The zero-order valence-corrected chi connectivity index (χ0v) is 14.8. The van der Waals surface area contributed by atoms with Crippen molar-refractivity contribution in [1.29, 1.82) is 0 Å². The Labute approximate surface area is 142 Å². The number of aromatic nitrogens is 3. The molecule has 0 aliphatic rings. The maximum Gasteiger partial charge on any atom is 0.233 e. The van der Waals surface area contributed by atoms with Gasteiger partial charge in [0.1, 0.15) is 6.33 Å². The molecule has 0 aliphatic heterocycles. The van der Waals surface area contributed by atoms with Gasteiger partial charge in [-0.05, 0) is 31.9 Å². The molecule has 0 fully saturated rings. The van der Waals surface area contributed by atoms with Gasteiger partial charge in [-0.15, -0.1) is 10.2 Å². The van der Waals surface area contributed by atoms with Gasteiger partial charge in [-0.3, -0.25) is 9.36 Å². The molecule has 1 heterocycles. The summed E-state index contributed by atoms with van der Waals surface area (Å²) in [5.74, 6) is 0.557. The van der Waals surface area contributed by atoms with Gasteiger partial charge in [0.2, 0.25) is 5.91 Å². The molecule has 0 unspecified atom stereocenters. The molecule has 5 nitrogen and oxygen atoms in total. The lowest BCUT2D eigenvalue weighted by atomic mass is 10.2. The average molecular weight is 332 g/mol. The van der Waals surface area contributed by atoms with Crippen molar-refractivity contribution in [3.05, 3.63) is 36.2 Å². The lowest BCUT2D eigenvalue weighted by molar-refractivity contribution is -0.128. The Balaban J connectivity index is 2.02. The second kappa shape index (κ2) is 8.72. The maximum atomic E-state index is 12.4. The lowest BCUT2D eigenvalue weighted by Crippen LogP contribution is -2.33. The van der Waals surface area contributed by atoms with Crippen molar-refractivity contribution in [1.82, 2.24) is 19.7 Å². The standard InChI is InChI=1S/C17H24N4OS/c1-4-10-20(11-5-2)16(22)12-23-17-19-18-13-21(17)15-8-6-14(3)7-9-15/h6-9,13H,4-5,10-12H2,1-3H3. The molecule has 0 N–H and O–H groups in total. The van der Waals surface area contributed by atoms with Crippen molar-refractivity contribution in [3.63, 3.8) is 0 Å². The molecule has 1 aromatic carbocycles. The Kier molecular flexibility index (Phi) is 6.65. The molecule has 0 spiro atoms. The summed E-state index contributed by atoms with van der Waals surface area (Å²) in [7, 11) is 0. The number of hydrogen-bond acceptors (Lipinski definition) is 4. The molecule has 6 heteroatoms. The molecular formula is C17H24N4OS. The third kappa shape index (κ3) is 4.82. The number of rotatable bonds is 8. The minimum atomic E-state index is 0.164. The highest BCUT2D eigenvalue weighted by atomic mass is 32.2. The quantitative estimate of drug-likeness (QED) is 0.696. The van der Waals surface area contributed by atoms with Crippen LogP contribution in [0.3, 0.4) is 0 Å². The van der Waals surface area contributed by atoms with Gasteiger partial charge in [-0.25, -0.2) is 0 Å². The Hall–Kier alpha value is -1.82. The van der Waals surface area contributed by atoms with Crippen LogP contribution in [-0.2, 0) is 4.79 Å². The predicted molar refractivity (Wildman–Crippen MR) is 94.0 cm³/mol. The van der Waals surface area contributed by atoms with Gasteiger partial charge < -0.3 is 4.90 Å². The van der Waals surface area contributed by atoms with E-state index < -0.39 is 0 Å². The average Bonchev–Trinajstić information content (AvgIpc) is 3.01. The SMILES string of the molecule is CCCN(CCC)C(=O)CSc1nncn1-c1ccc(C)cc1. The van der Waals surface area contributed by atoms with Crippen LogP contribution in [0.25, 0.3) is 5.69 Å². The zero-order valence-electron chi connectivity index (χ0n) is 14.0. The fraction of sp³-hybridized carbons (Fsp3) is 0.471. The molecule has 2 rings (SSSR count). The van der Waals surface area contributed by atoms with Crippen LogP contribution in [0.2, 0.25) is 0 Å². The number of carbonyl (C=O) groups is 1. The van der Waals surface area contributed by atoms with E-state index in [4.69, 9.17) is 0 Å². The van der Waals surface area contributed by atoms with Crippen LogP contribution in [0.5, 0.6) is 0 Å². The largest absolute Gasteiger partial charge is 0.342 e. The summed E-state index contributed by atoms with van der Waals surface area (Å²) in [5, 5.41) is 8.87. The van der Waals surface area contributed by atoms with Crippen LogP contribution in [0.15, 0.2) is 35.7 Å². The number of amides is 1. The summed E-state index contributed by atoms with van der Waals surface area (Å²) >= 11 is 1.44. The predicted octanol–water partition coefficient (Wildman–Crippen LogP) is 3.32. The highest BCUT2D eigenvalue weighted by Gasteiger charge is 2.14. The minimum Gasteiger partial charge on any atom is -0.342 e. The van der Waals surface area contributed by atoms with E-state index in [1.165, 1.54) is 17.3 Å². The summed E-state index contributed by atoms with van der Waals surface area (Å²) in [6, 6.07) is 8.18. The Morgan fingerprint density at radius 2 is 1.83 bits per heavy atom. The van der Waals surface area contributed by atoms with Gasteiger partial charge >= 0.3 is 0 Å². The summed E-state index contributed by atoms with van der Waals surface area (Å²) in [5.41, 5.74) is 2.22. The van der Waals surface area contributed by atoms with Gasteiger partial charge in [-0.2, -0.15) is 0 Å². The molecule has 23 heavy (non-hydrogen) atoms. The summed E-state index contributed by atoms with van der Waals surface area (Å²) in [6.45, 7) is 7.88. The topological polar surface area (TPSA) is 51.0 Å². The number of thioether (sulfide) groups is 1. The second-order valence-corrected chi connectivity index (χ2v) is 6.43. The van der Waals surface area contributed by atoms with Crippen molar-refractivity contribution >= 4 is 17.7 Å². The van der Waals surface area contributed by atoms with Crippen molar-refractivity contribution in [2.24, 2.45) is 0 Å². The van der Waals surface area contributed by atoms with Crippen LogP contribution >= 0.6 is 11.8 Å². The highest BCUT2D eigenvalue weighted by molar-refractivity contribution is 7.99. The van der Waals surface area contributed by atoms with E-state index in [0.29, 0.717) is 5.75 Å². The van der Waals surface area contributed by atoms with E-state index in [2.05, 4.69) is 43.1 Å². The molecule has 0 bridgehead atoms. The monoisotopic (exact) mass is 332 g/mol. The fourth-order valence-corrected chi connectivity index (χ4v) is 3.16. The van der Waals surface area contributed by atoms with Crippen molar-refractivity contribution in [2.75, 3.05) is 18.8 Å². The van der Waals surface area contributed by atoms with E-state index >= 15 is 0 Å². The van der Waals surface area contributed by atoms with Crippen molar-refractivity contribution in [2.45, 2.75) is 38.8 Å². The molecule has 0 atom stereocenters. The van der Waals surface area contributed by atoms with Gasteiger partial charge in [0.15, 0.2) is 5.16 Å². The maximum absolute atomic E-state index is 12.4. The fourth-order valence-electron chi connectivity index (χ4n) is 2.32. The third-order valence-electron chi connectivity index (χ3n) is 3.49. The Bertz CT molecular complexity index is 618. The number of aryl methyl sites for hydroxylation is 1. The van der Waals surface area contributed by atoms with Crippen molar-refractivity contribution < 1.29 is 4.79 Å². The number of hydrogen-bond donors (Lipinski definition) is 0. The van der Waals surface area contributed by atoms with Gasteiger partial charge in [0.25, 0.3) is 0 Å². The third-order valence-corrected chi connectivity index (χ3v) is 4.42. The van der Waals surface area contributed by atoms with E-state index in [9.17, 15) is 4.79 Å². The number of carbonyl (C=O) groups excluding carboxylic acids is 1. The molecule has 2 aromatic rings. The van der Waals surface area contributed by atoms with Gasteiger partial charge in [0, 0.05) is 18.8 Å². The molecule has 0 saturated heterocycles.